The van der Waals surface area contributed by atoms with Crippen LogP contribution in [0.1, 0.15) is 20.3 Å². The highest BCUT2D eigenvalue weighted by Gasteiger charge is 2.26. The monoisotopic (exact) mass is 144 g/mol. The van der Waals surface area contributed by atoms with Crippen molar-refractivity contribution in [1.29, 1.82) is 0 Å². The van der Waals surface area contributed by atoms with Gasteiger partial charge in [-0.25, -0.2) is 0 Å². The van der Waals surface area contributed by atoms with Gasteiger partial charge in [-0.15, -0.1) is 0 Å². The van der Waals surface area contributed by atoms with Crippen LogP contribution in [0.3, 0.4) is 0 Å². The lowest BCUT2D eigenvalue weighted by atomic mass is 10.3. The normalized spacial score (nSPS) is 22.9. The Balaban J connectivity index is 2.08. The molecule has 3 heteroatoms. The fourth-order valence-corrected chi connectivity index (χ4v) is 0.683. The van der Waals surface area contributed by atoms with Crippen molar-refractivity contribution in [1.82, 2.24) is 0 Å². The van der Waals surface area contributed by atoms with Gasteiger partial charge in [-0.3, -0.25) is 4.79 Å². The summed E-state index contributed by atoms with van der Waals surface area (Å²) in [4.78, 5) is 10.8. The second-order valence-corrected chi connectivity index (χ2v) is 2.70. The molecule has 0 amide bonds. The van der Waals surface area contributed by atoms with Gasteiger partial charge in [0.15, 0.2) is 0 Å². The first-order valence-electron chi connectivity index (χ1n) is 3.49. The zero-order valence-corrected chi connectivity index (χ0v) is 6.29. The second-order valence-electron chi connectivity index (χ2n) is 2.70. The number of hydrogen-bond donors (Lipinski definition) is 0. The third kappa shape index (κ3) is 2.82. The zero-order chi connectivity index (χ0) is 7.56. The van der Waals surface area contributed by atoms with Crippen LogP contribution in [0.2, 0.25) is 0 Å². The van der Waals surface area contributed by atoms with Crippen LogP contribution in [-0.2, 0) is 14.3 Å². The molecule has 0 spiro atoms. The summed E-state index contributed by atoms with van der Waals surface area (Å²) in [7, 11) is 0. The number of ether oxygens (including phenoxy) is 2. The van der Waals surface area contributed by atoms with E-state index >= 15 is 0 Å². The summed E-state index contributed by atoms with van der Waals surface area (Å²) in [5.74, 6) is -0.155. The Morgan fingerprint density at radius 1 is 1.80 bits per heavy atom. The van der Waals surface area contributed by atoms with Crippen LogP contribution in [0, 0.1) is 0 Å². The Kier molecular flexibility index (Phi) is 2.27. The topological polar surface area (TPSA) is 38.8 Å². The molecule has 0 saturated carbocycles. The quantitative estimate of drug-likeness (QED) is 0.433. The Morgan fingerprint density at radius 2 is 2.40 bits per heavy atom. The first-order chi connectivity index (χ1) is 4.68. The highest BCUT2D eigenvalue weighted by atomic mass is 16.6. The predicted molar refractivity (Wildman–Crippen MR) is 35.6 cm³/mol. The molecular weight excluding hydrogens is 132 g/mol. The molecule has 0 aliphatic carbocycles. The van der Waals surface area contributed by atoms with Crippen LogP contribution in [0.15, 0.2) is 0 Å². The van der Waals surface area contributed by atoms with Crippen LogP contribution >= 0.6 is 0 Å². The number of epoxide rings is 1. The summed E-state index contributed by atoms with van der Waals surface area (Å²) in [6.07, 6.45) is 0.551. The highest BCUT2D eigenvalue weighted by molar-refractivity contribution is 5.70. The van der Waals surface area contributed by atoms with Crippen molar-refractivity contribution in [2.45, 2.75) is 32.5 Å². The zero-order valence-electron chi connectivity index (χ0n) is 6.29. The van der Waals surface area contributed by atoms with Crippen molar-refractivity contribution in [3.63, 3.8) is 0 Å². The van der Waals surface area contributed by atoms with Crippen molar-refractivity contribution in [2.24, 2.45) is 0 Å². The fraction of sp³-hybridized carbons (Fsp3) is 0.857. The first-order valence-corrected chi connectivity index (χ1v) is 3.49. The van der Waals surface area contributed by atoms with E-state index in [-0.39, 0.29) is 18.2 Å². The molecule has 0 radical (unpaired) electrons. The van der Waals surface area contributed by atoms with Gasteiger partial charge in [-0.05, 0) is 13.8 Å². The molecule has 1 aliphatic rings. The Bertz CT molecular complexity index is 121. The average molecular weight is 144 g/mol. The molecule has 0 aromatic heterocycles. The van der Waals surface area contributed by atoms with E-state index in [9.17, 15) is 4.79 Å². The standard InChI is InChI=1S/C7H12O3/c1-5(2)10-7(8)3-6-4-9-6/h5-6H,3-4H2,1-2H3/t6-/m1/s1. The second kappa shape index (κ2) is 3.01. The molecule has 1 fully saturated rings. The number of esters is 1. The maximum Gasteiger partial charge on any atom is 0.308 e. The third-order valence-electron chi connectivity index (χ3n) is 1.16. The molecule has 1 aliphatic heterocycles. The molecular formula is C7H12O3. The number of carbonyl (C=O) groups excluding carboxylic acids is 1. The van der Waals surface area contributed by atoms with Crippen LogP contribution < -0.4 is 0 Å². The van der Waals surface area contributed by atoms with Crippen molar-refractivity contribution >= 4 is 5.97 Å². The molecule has 1 atom stereocenters. The van der Waals surface area contributed by atoms with Gasteiger partial charge < -0.3 is 9.47 Å². The van der Waals surface area contributed by atoms with Gasteiger partial charge in [0.25, 0.3) is 0 Å². The van der Waals surface area contributed by atoms with Crippen LogP contribution in [0.5, 0.6) is 0 Å². The SMILES string of the molecule is CC(C)OC(=O)C[C@@H]1CO1. The van der Waals surface area contributed by atoms with Gasteiger partial charge in [0.1, 0.15) is 0 Å². The first kappa shape index (κ1) is 7.54. The van der Waals surface area contributed by atoms with Gasteiger partial charge >= 0.3 is 5.97 Å². The smallest absolute Gasteiger partial charge is 0.308 e. The van der Waals surface area contributed by atoms with E-state index in [0.29, 0.717) is 13.0 Å². The lowest BCUT2D eigenvalue weighted by Gasteiger charge is -2.05. The van der Waals surface area contributed by atoms with E-state index in [1.54, 1.807) is 0 Å². The maximum atomic E-state index is 10.8. The molecule has 10 heavy (non-hydrogen) atoms. The van der Waals surface area contributed by atoms with E-state index < -0.39 is 0 Å². The summed E-state index contributed by atoms with van der Waals surface area (Å²) in [6.45, 7) is 4.39. The summed E-state index contributed by atoms with van der Waals surface area (Å²) < 4.78 is 9.74. The number of carbonyl (C=O) groups is 1. The van der Waals surface area contributed by atoms with Gasteiger partial charge in [0.05, 0.1) is 25.2 Å². The molecule has 0 unspecified atom stereocenters. The van der Waals surface area contributed by atoms with Crippen LogP contribution in [0.4, 0.5) is 0 Å². The summed E-state index contributed by atoms with van der Waals surface area (Å²) in [5, 5.41) is 0. The minimum Gasteiger partial charge on any atom is -0.463 e. The van der Waals surface area contributed by atoms with Gasteiger partial charge in [0.2, 0.25) is 0 Å². The van der Waals surface area contributed by atoms with Gasteiger partial charge in [-0.2, -0.15) is 0 Å². The molecule has 0 aromatic rings. The van der Waals surface area contributed by atoms with Crippen LogP contribution in [0.25, 0.3) is 0 Å². The molecule has 1 rings (SSSR count). The summed E-state index contributed by atoms with van der Waals surface area (Å²) in [6, 6.07) is 0. The van der Waals surface area contributed by atoms with E-state index in [2.05, 4.69) is 0 Å². The van der Waals surface area contributed by atoms with E-state index in [1.807, 2.05) is 13.8 Å². The minimum absolute atomic E-state index is 0.00810. The molecule has 58 valence electrons. The summed E-state index contributed by atoms with van der Waals surface area (Å²) >= 11 is 0. The molecule has 1 saturated heterocycles. The van der Waals surface area contributed by atoms with E-state index in [4.69, 9.17) is 9.47 Å². The Labute approximate surface area is 60.3 Å². The molecule has 3 nitrogen and oxygen atoms in total. The Hall–Kier alpha value is -0.570. The average Bonchev–Trinajstić information content (AvgIpc) is 2.46. The number of rotatable bonds is 3. The van der Waals surface area contributed by atoms with Crippen molar-refractivity contribution in [3.05, 3.63) is 0 Å². The lowest BCUT2D eigenvalue weighted by molar-refractivity contribution is -0.147. The van der Waals surface area contributed by atoms with E-state index in [0.717, 1.165) is 0 Å². The number of hydrogen-bond acceptors (Lipinski definition) is 3. The molecule has 0 aromatic carbocycles. The van der Waals surface area contributed by atoms with Crippen molar-refractivity contribution in [3.8, 4) is 0 Å². The van der Waals surface area contributed by atoms with Crippen LogP contribution in [-0.4, -0.2) is 24.8 Å². The summed E-state index contributed by atoms with van der Waals surface area (Å²) in [5.41, 5.74) is 0. The molecule has 0 bridgehead atoms. The molecule has 0 N–H and O–H groups in total. The highest BCUT2D eigenvalue weighted by Crippen LogP contribution is 2.14. The third-order valence-corrected chi connectivity index (χ3v) is 1.16. The van der Waals surface area contributed by atoms with Gasteiger partial charge in [0, 0.05) is 0 Å². The predicted octanol–water partition coefficient (Wildman–Crippen LogP) is 0.727. The van der Waals surface area contributed by atoms with E-state index in [1.165, 1.54) is 0 Å². The molecule has 1 heterocycles. The maximum absolute atomic E-state index is 10.8. The van der Waals surface area contributed by atoms with Crippen molar-refractivity contribution in [2.75, 3.05) is 6.61 Å². The lowest BCUT2D eigenvalue weighted by Crippen LogP contribution is -2.12. The van der Waals surface area contributed by atoms with Gasteiger partial charge in [-0.1, -0.05) is 0 Å². The Morgan fingerprint density at radius 3 is 2.80 bits per heavy atom. The minimum atomic E-state index is -0.155. The van der Waals surface area contributed by atoms with Crippen molar-refractivity contribution < 1.29 is 14.3 Å². The largest absolute Gasteiger partial charge is 0.463 e. The fourth-order valence-electron chi connectivity index (χ4n) is 0.683.